The summed E-state index contributed by atoms with van der Waals surface area (Å²) >= 11 is 0. The Bertz CT molecular complexity index is 616. The van der Waals surface area contributed by atoms with E-state index in [2.05, 4.69) is 5.32 Å². The van der Waals surface area contributed by atoms with E-state index in [0.29, 0.717) is 12.1 Å². The molecule has 5 nitrogen and oxygen atoms in total. The van der Waals surface area contributed by atoms with Crippen LogP contribution in [0.2, 0.25) is 0 Å². The fourth-order valence-corrected chi connectivity index (χ4v) is 3.42. The lowest BCUT2D eigenvalue weighted by molar-refractivity contribution is -0.123. The van der Waals surface area contributed by atoms with Crippen molar-refractivity contribution in [3.05, 3.63) is 29.8 Å². The topological polar surface area (TPSA) is 66.5 Å². The van der Waals surface area contributed by atoms with E-state index in [4.69, 9.17) is 0 Å². The zero-order valence-electron chi connectivity index (χ0n) is 14.2. The van der Waals surface area contributed by atoms with Gasteiger partial charge in [0, 0.05) is 5.54 Å². The van der Waals surface area contributed by atoms with Crippen LogP contribution in [0.15, 0.2) is 24.3 Å². The SMILES string of the molecule is CC[C@@H](C(=O)NC(C)(C)C)N(c1ccc(C)cc1)S(C)(=O)=O. The van der Waals surface area contributed by atoms with Gasteiger partial charge in [-0.15, -0.1) is 0 Å². The Morgan fingerprint density at radius 1 is 1.23 bits per heavy atom. The van der Waals surface area contributed by atoms with E-state index in [1.807, 2.05) is 39.8 Å². The first-order valence-electron chi connectivity index (χ1n) is 7.34. The fraction of sp³-hybridized carbons (Fsp3) is 0.562. The molecule has 1 aromatic rings. The number of hydrogen-bond acceptors (Lipinski definition) is 3. The van der Waals surface area contributed by atoms with Crippen molar-refractivity contribution in [2.24, 2.45) is 0 Å². The minimum Gasteiger partial charge on any atom is -0.350 e. The Morgan fingerprint density at radius 2 is 1.73 bits per heavy atom. The van der Waals surface area contributed by atoms with Crippen LogP contribution in [-0.2, 0) is 14.8 Å². The smallest absolute Gasteiger partial charge is 0.244 e. The van der Waals surface area contributed by atoms with Gasteiger partial charge in [0.25, 0.3) is 0 Å². The molecule has 0 bridgehead atoms. The van der Waals surface area contributed by atoms with Gasteiger partial charge in [0.1, 0.15) is 6.04 Å². The molecular formula is C16H26N2O3S. The number of carbonyl (C=O) groups excluding carboxylic acids is 1. The van der Waals surface area contributed by atoms with Crippen molar-refractivity contribution >= 4 is 21.6 Å². The summed E-state index contributed by atoms with van der Waals surface area (Å²) in [7, 11) is -3.57. The lowest BCUT2D eigenvalue weighted by atomic mass is 10.1. The first kappa shape index (κ1) is 18.5. The normalized spacial score (nSPS) is 13.5. The van der Waals surface area contributed by atoms with E-state index in [1.165, 1.54) is 4.31 Å². The van der Waals surface area contributed by atoms with Crippen LogP contribution in [0.25, 0.3) is 0 Å². The first-order valence-corrected chi connectivity index (χ1v) is 9.18. The second kappa shape index (κ2) is 6.69. The summed E-state index contributed by atoms with van der Waals surface area (Å²) in [6.07, 6.45) is 1.52. The number of nitrogens with one attached hydrogen (secondary N) is 1. The lowest BCUT2D eigenvalue weighted by Crippen LogP contribution is -2.53. The molecule has 0 aliphatic rings. The van der Waals surface area contributed by atoms with Crippen molar-refractivity contribution in [3.8, 4) is 0 Å². The molecule has 1 amide bonds. The fourth-order valence-electron chi connectivity index (χ4n) is 2.20. The molecule has 0 aliphatic heterocycles. The maximum atomic E-state index is 12.5. The summed E-state index contributed by atoms with van der Waals surface area (Å²) in [5.41, 5.74) is 1.12. The van der Waals surface area contributed by atoms with Gasteiger partial charge in [0.15, 0.2) is 0 Å². The zero-order chi connectivity index (χ0) is 17.1. The number of carbonyl (C=O) groups is 1. The van der Waals surface area contributed by atoms with Gasteiger partial charge in [-0.3, -0.25) is 9.10 Å². The predicted molar refractivity (Wildman–Crippen MR) is 90.5 cm³/mol. The molecule has 22 heavy (non-hydrogen) atoms. The second-order valence-electron chi connectivity index (χ2n) is 6.56. The molecular weight excluding hydrogens is 300 g/mol. The van der Waals surface area contributed by atoms with E-state index >= 15 is 0 Å². The van der Waals surface area contributed by atoms with Gasteiger partial charge in [-0.25, -0.2) is 8.42 Å². The van der Waals surface area contributed by atoms with Gasteiger partial charge in [0.2, 0.25) is 15.9 Å². The molecule has 1 N–H and O–H groups in total. The average molecular weight is 326 g/mol. The second-order valence-corrected chi connectivity index (χ2v) is 8.42. The molecule has 1 atom stereocenters. The van der Waals surface area contributed by atoms with Crippen molar-refractivity contribution in [2.45, 2.75) is 52.6 Å². The van der Waals surface area contributed by atoms with Crippen LogP contribution < -0.4 is 9.62 Å². The summed E-state index contributed by atoms with van der Waals surface area (Å²) in [6.45, 7) is 9.34. The van der Waals surface area contributed by atoms with Gasteiger partial charge in [-0.1, -0.05) is 24.6 Å². The number of rotatable bonds is 5. The van der Waals surface area contributed by atoms with Gasteiger partial charge in [-0.2, -0.15) is 0 Å². The van der Waals surface area contributed by atoms with Crippen molar-refractivity contribution in [1.29, 1.82) is 0 Å². The van der Waals surface area contributed by atoms with E-state index in [-0.39, 0.29) is 5.91 Å². The number of amides is 1. The molecule has 0 saturated carbocycles. The highest BCUT2D eigenvalue weighted by molar-refractivity contribution is 7.92. The summed E-state index contributed by atoms with van der Waals surface area (Å²) in [4.78, 5) is 12.5. The molecule has 1 aromatic carbocycles. The Morgan fingerprint density at radius 3 is 2.09 bits per heavy atom. The van der Waals surface area contributed by atoms with Crippen molar-refractivity contribution in [1.82, 2.24) is 5.32 Å². The Kier molecular flexibility index (Phi) is 5.62. The van der Waals surface area contributed by atoms with Crippen LogP contribution in [0.4, 0.5) is 5.69 Å². The highest BCUT2D eigenvalue weighted by Gasteiger charge is 2.32. The lowest BCUT2D eigenvalue weighted by Gasteiger charge is -2.32. The first-order chi connectivity index (χ1) is 9.95. The molecule has 1 rings (SSSR count). The minimum atomic E-state index is -3.57. The summed E-state index contributed by atoms with van der Waals surface area (Å²) in [6, 6.07) is 6.35. The van der Waals surface area contributed by atoms with E-state index in [1.54, 1.807) is 19.1 Å². The number of benzene rings is 1. The molecule has 0 aliphatic carbocycles. The van der Waals surface area contributed by atoms with Crippen LogP contribution in [-0.4, -0.2) is 32.2 Å². The van der Waals surface area contributed by atoms with Crippen molar-refractivity contribution in [2.75, 3.05) is 10.6 Å². The number of sulfonamides is 1. The molecule has 0 aromatic heterocycles. The molecule has 124 valence electrons. The van der Waals surface area contributed by atoms with Crippen LogP contribution in [0.3, 0.4) is 0 Å². The highest BCUT2D eigenvalue weighted by atomic mass is 32.2. The van der Waals surface area contributed by atoms with E-state index < -0.39 is 21.6 Å². The third kappa shape index (κ3) is 5.02. The third-order valence-electron chi connectivity index (χ3n) is 3.12. The third-order valence-corrected chi connectivity index (χ3v) is 4.30. The van der Waals surface area contributed by atoms with Crippen LogP contribution in [0.1, 0.15) is 39.7 Å². The maximum Gasteiger partial charge on any atom is 0.244 e. The molecule has 0 spiro atoms. The van der Waals surface area contributed by atoms with Crippen molar-refractivity contribution in [3.63, 3.8) is 0 Å². The summed E-state index contributed by atoms with van der Waals surface area (Å²) in [5.74, 6) is -0.291. The molecule has 0 fully saturated rings. The van der Waals surface area contributed by atoms with Gasteiger partial charge >= 0.3 is 0 Å². The standard InChI is InChI=1S/C16H26N2O3S/c1-7-14(15(19)17-16(3,4)5)18(22(6,20)21)13-10-8-12(2)9-11-13/h8-11,14H,7H2,1-6H3,(H,17,19)/t14-/m0/s1. The minimum absolute atomic E-state index is 0.291. The molecule has 0 heterocycles. The van der Waals surface area contributed by atoms with E-state index in [9.17, 15) is 13.2 Å². The summed E-state index contributed by atoms with van der Waals surface area (Å²) in [5, 5.41) is 2.86. The van der Waals surface area contributed by atoms with Crippen LogP contribution >= 0.6 is 0 Å². The average Bonchev–Trinajstić information content (AvgIpc) is 2.33. The number of nitrogens with zero attached hydrogens (tertiary/aromatic N) is 1. The Hall–Kier alpha value is -1.56. The van der Waals surface area contributed by atoms with Gasteiger partial charge in [-0.05, 0) is 46.2 Å². The number of anilines is 1. The molecule has 0 saturated heterocycles. The van der Waals surface area contributed by atoms with Gasteiger partial charge < -0.3 is 5.32 Å². The number of hydrogen-bond donors (Lipinski definition) is 1. The summed E-state index contributed by atoms with van der Waals surface area (Å²) < 4.78 is 25.7. The molecule has 0 radical (unpaired) electrons. The molecule has 6 heteroatoms. The van der Waals surface area contributed by atoms with Crippen molar-refractivity contribution < 1.29 is 13.2 Å². The number of aryl methyl sites for hydroxylation is 1. The monoisotopic (exact) mass is 326 g/mol. The quantitative estimate of drug-likeness (QED) is 0.904. The van der Waals surface area contributed by atoms with Gasteiger partial charge in [0.05, 0.1) is 11.9 Å². The Labute approximate surface area is 133 Å². The highest BCUT2D eigenvalue weighted by Crippen LogP contribution is 2.23. The predicted octanol–water partition coefficient (Wildman–Crippen LogP) is 2.45. The van der Waals surface area contributed by atoms with E-state index in [0.717, 1.165) is 11.8 Å². The largest absolute Gasteiger partial charge is 0.350 e. The van der Waals surface area contributed by atoms with Crippen LogP contribution in [0.5, 0.6) is 0 Å². The maximum absolute atomic E-state index is 12.5. The zero-order valence-corrected chi connectivity index (χ0v) is 15.0. The Balaban J connectivity index is 3.25. The molecule has 0 unspecified atom stereocenters. The van der Waals surface area contributed by atoms with Crippen LogP contribution in [0, 0.1) is 6.92 Å².